The molecule has 0 saturated carbocycles. The molecule has 0 fully saturated rings. The second-order valence-corrected chi connectivity index (χ2v) is 7.20. The van der Waals surface area contributed by atoms with E-state index >= 15 is 0 Å². The molecule has 3 rings (SSSR count). The van der Waals surface area contributed by atoms with Gasteiger partial charge in [0.25, 0.3) is 5.91 Å². The number of nitriles is 1. The Bertz CT molecular complexity index is 955. The fraction of sp³-hybridized carbons (Fsp3) is 0.292. The van der Waals surface area contributed by atoms with Gasteiger partial charge in [0, 0.05) is 6.08 Å². The number of fused-ring (bicyclic) bond motifs is 1. The highest BCUT2D eigenvalue weighted by Crippen LogP contribution is 2.24. The van der Waals surface area contributed by atoms with E-state index in [1.165, 1.54) is 30.0 Å². The van der Waals surface area contributed by atoms with Gasteiger partial charge in [-0.1, -0.05) is 30.3 Å². The van der Waals surface area contributed by atoms with Crippen LogP contribution in [0, 0.1) is 11.3 Å². The molecule has 1 aliphatic rings. The zero-order chi connectivity index (χ0) is 20.6. The summed E-state index contributed by atoms with van der Waals surface area (Å²) in [5, 5.41) is 11.6. The van der Waals surface area contributed by atoms with E-state index in [1.807, 2.05) is 13.0 Å². The fourth-order valence-corrected chi connectivity index (χ4v) is 3.41. The maximum Gasteiger partial charge on any atom is 0.331 e. The molecule has 0 saturated heterocycles. The molecule has 0 aromatic heterocycles. The molecular weight excluding hydrogens is 364 g/mol. The predicted octanol–water partition coefficient (Wildman–Crippen LogP) is 3.87. The molecule has 1 amide bonds. The Kier molecular flexibility index (Phi) is 6.80. The number of carbonyl (C=O) groups is 2. The van der Waals surface area contributed by atoms with Crippen LogP contribution in [0.3, 0.4) is 0 Å². The van der Waals surface area contributed by atoms with Crippen molar-refractivity contribution in [1.82, 2.24) is 5.32 Å². The first-order valence-corrected chi connectivity index (χ1v) is 9.81. The molecule has 1 N–H and O–H groups in total. The third kappa shape index (κ3) is 5.79. The van der Waals surface area contributed by atoms with Crippen molar-refractivity contribution in [3.05, 3.63) is 76.4 Å². The summed E-state index contributed by atoms with van der Waals surface area (Å²) in [6, 6.07) is 15.1. The molecule has 2 aromatic rings. The van der Waals surface area contributed by atoms with Gasteiger partial charge in [-0.3, -0.25) is 4.79 Å². The van der Waals surface area contributed by atoms with E-state index in [0.717, 1.165) is 24.0 Å². The van der Waals surface area contributed by atoms with Crippen LogP contribution < -0.4 is 5.32 Å². The lowest BCUT2D eigenvalue weighted by Gasteiger charge is -2.20. The maximum atomic E-state index is 12.1. The van der Waals surface area contributed by atoms with Gasteiger partial charge in [0.15, 0.2) is 6.61 Å². The average Bonchev–Trinajstić information content (AvgIpc) is 2.76. The second-order valence-electron chi connectivity index (χ2n) is 7.20. The van der Waals surface area contributed by atoms with Crippen LogP contribution in [0.25, 0.3) is 6.08 Å². The van der Waals surface area contributed by atoms with Crippen molar-refractivity contribution in [2.24, 2.45) is 0 Å². The van der Waals surface area contributed by atoms with Crippen molar-refractivity contribution in [2.75, 3.05) is 6.61 Å². The quantitative estimate of drug-likeness (QED) is 0.602. The molecule has 0 radical (unpaired) electrons. The number of nitrogens with one attached hydrogen (secondary N) is 1. The topological polar surface area (TPSA) is 79.2 Å². The lowest BCUT2D eigenvalue weighted by atomic mass is 9.89. The SMILES string of the molecule is C[C@H](NC(=O)COC(=O)/C=C/c1ccc(C#N)cc1)c1ccc2c(c1)CCCC2. The first kappa shape index (κ1) is 20.3. The first-order valence-electron chi connectivity index (χ1n) is 9.81. The Morgan fingerprint density at radius 1 is 1.14 bits per heavy atom. The lowest BCUT2D eigenvalue weighted by molar-refractivity contribution is -0.144. The molecule has 1 aliphatic carbocycles. The van der Waals surface area contributed by atoms with Gasteiger partial charge >= 0.3 is 5.97 Å². The lowest BCUT2D eigenvalue weighted by Crippen LogP contribution is -2.31. The summed E-state index contributed by atoms with van der Waals surface area (Å²) in [6.45, 7) is 1.60. The zero-order valence-electron chi connectivity index (χ0n) is 16.5. The second kappa shape index (κ2) is 9.70. The molecule has 5 heteroatoms. The molecular formula is C24H24N2O3. The van der Waals surface area contributed by atoms with Crippen LogP contribution in [0.15, 0.2) is 48.5 Å². The predicted molar refractivity (Wildman–Crippen MR) is 111 cm³/mol. The van der Waals surface area contributed by atoms with Crippen LogP contribution in [-0.4, -0.2) is 18.5 Å². The van der Waals surface area contributed by atoms with Gasteiger partial charge in [0.05, 0.1) is 17.7 Å². The molecule has 29 heavy (non-hydrogen) atoms. The van der Waals surface area contributed by atoms with Crippen LogP contribution in [-0.2, 0) is 27.2 Å². The highest BCUT2D eigenvalue weighted by atomic mass is 16.5. The van der Waals surface area contributed by atoms with Gasteiger partial charge < -0.3 is 10.1 Å². The summed E-state index contributed by atoms with van der Waals surface area (Å²) >= 11 is 0. The number of hydrogen-bond acceptors (Lipinski definition) is 4. The number of benzene rings is 2. The highest BCUT2D eigenvalue weighted by Gasteiger charge is 2.14. The number of esters is 1. The van der Waals surface area contributed by atoms with Gasteiger partial charge in [0.2, 0.25) is 0 Å². The zero-order valence-corrected chi connectivity index (χ0v) is 16.5. The van der Waals surface area contributed by atoms with Crippen molar-refractivity contribution in [3.8, 4) is 6.07 Å². The average molecular weight is 388 g/mol. The maximum absolute atomic E-state index is 12.1. The van der Waals surface area contributed by atoms with Gasteiger partial charge in [-0.15, -0.1) is 0 Å². The summed E-state index contributed by atoms with van der Waals surface area (Å²) in [5.41, 5.74) is 5.16. The third-order valence-corrected chi connectivity index (χ3v) is 5.05. The van der Waals surface area contributed by atoms with Gasteiger partial charge in [-0.05, 0) is 73.1 Å². The summed E-state index contributed by atoms with van der Waals surface area (Å²) in [7, 11) is 0. The molecule has 0 bridgehead atoms. The standard InChI is InChI=1S/C24H24N2O3/c1-17(21-12-11-20-4-2-3-5-22(20)14-21)26-23(27)16-29-24(28)13-10-18-6-8-19(15-25)9-7-18/h6-14,17H,2-5,16H2,1H3,(H,26,27)/b13-10+/t17-/m0/s1. The van der Waals surface area contributed by atoms with E-state index in [9.17, 15) is 9.59 Å². The van der Waals surface area contributed by atoms with Crippen LogP contribution in [0.1, 0.15) is 53.6 Å². The molecule has 0 aliphatic heterocycles. The summed E-state index contributed by atoms with van der Waals surface area (Å²) < 4.78 is 5.01. The normalized spacial score (nSPS) is 13.9. The highest BCUT2D eigenvalue weighted by molar-refractivity contribution is 5.89. The number of hydrogen-bond donors (Lipinski definition) is 1. The molecule has 5 nitrogen and oxygen atoms in total. The van der Waals surface area contributed by atoms with Crippen LogP contribution in [0.2, 0.25) is 0 Å². The van der Waals surface area contributed by atoms with E-state index in [4.69, 9.17) is 10.00 Å². The van der Waals surface area contributed by atoms with Gasteiger partial charge in [-0.2, -0.15) is 5.26 Å². The summed E-state index contributed by atoms with van der Waals surface area (Å²) in [6.07, 6.45) is 7.51. The van der Waals surface area contributed by atoms with Gasteiger partial charge in [0.1, 0.15) is 0 Å². The smallest absolute Gasteiger partial charge is 0.331 e. The van der Waals surface area contributed by atoms with Crippen molar-refractivity contribution < 1.29 is 14.3 Å². The first-order chi connectivity index (χ1) is 14.0. The van der Waals surface area contributed by atoms with Crippen molar-refractivity contribution >= 4 is 18.0 Å². The van der Waals surface area contributed by atoms with Gasteiger partial charge in [-0.25, -0.2) is 4.79 Å². The van der Waals surface area contributed by atoms with Crippen molar-refractivity contribution in [3.63, 3.8) is 0 Å². The van der Waals surface area contributed by atoms with Crippen molar-refractivity contribution in [2.45, 2.75) is 38.6 Å². The monoisotopic (exact) mass is 388 g/mol. The minimum Gasteiger partial charge on any atom is -0.452 e. The minimum atomic E-state index is -0.592. The van der Waals surface area contributed by atoms with E-state index in [1.54, 1.807) is 30.3 Å². The number of nitrogens with zero attached hydrogens (tertiary/aromatic N) is 1. The van der Waals surface area contributed by atoms with E-state index in [2.05, 4.69) is 23.5 Å². The largest absolute Gasteiger partial charge is 0.452 e. The Labute approximate surface area is 171 Å². The molecule has 148 valence electrons. The number of aryl methyl sites for hydroxylation is 2. The van der Waals surface area contributed by atoms with E-state index in [-0.39, 0.29) is 18.6 Å². The van der Waals surface area contributed by atoms with E-state index < -0.39 is 5.97 Å². The third-order valence-electron chi connectivity index (χ3n) is 5.05. The van der Waals surface area contributed by atoms with Crippen molar-refractivity contribution in [1.29, 1.82) is 5.26 Å². The Hall–Kier alpha value is -3.39. The molecule has 0 heterocycles. The Morgan fingerprint density at radius 3 is 2.59 bits per heavy atom. The molecule has 0 unspecified atom stereocenters. The molecule has 1 atom stereocenters. The number of carbonyl (C=O) groups excluding carboxylic acids is 2. The minimum absolute atomic E-state index is 0.150. The Balaban J connectivity index is 1.47. The Morgan fingerprint density at radius 2 is 1.86 bits per heavy atom. The van der Waals surface area contributed by atoms with Crippen LogP contribution in [0.5, 0.6) is 0 Å². The van der Waals surface area contributed by atoms with E-state index in [0.29, 0.717) is 5.56 Å². The summed E-state index contributed by atoms with van der Waals surface area (Å²) in [4.78, 5) is 23.9. The fourth-order valence-electron chi connectivity index (χ4n) is 3.41. The van der Waals surface area contributed by atoms with Crippen LogP contribution >= 0.6 is 0 Å². The number of amides is 1. The molecule has 2 aromatic carbocycles. The number of rotatable bonds is 6. The van der Waals surface area contributed by atoms with Crippen LogP contribution in [0.4, 0.5) is 0 Å². The summed E-state index contributed by atoms with van der Waals surface area (Å²) in [5.74, 6) is -0.929. The molecule has 0 spiro atoms. The number of ether oxygens (including phenoxy) is 1.